The van der Waals surface area contributed by atoms with E-state index in [0.717, 1.165) is 50.5 Å². The summed E-state index contributed by atoms with van der Waals surface area (Å²) in [5.41, 5.74) is 8.71. The van der Waals surface area contributed by atoms with Gasteiger partial charge in [-0.3, -0.25) is 9.98 Å². The number of nitrogens with one attached hydrogen (secondary N) is 1. The molecule has 1 aliphatic heterocycles. The third-order valence-electron chi connectivity index (χ3n) is 6.31. The number of para-hydroxylation sites is 2. The van der Waals surface area contributed by atoms with Crippen LogP contribution < -0.4 is 10.7 Å². The molecule has 0 spiro atoms. The van der Waals surface area contributed by atoms with Crippen molar-refractivity contribution in [3.05, 3.63) is 95.6 Å². The summed E-state index contributed by atoms with van der Waals surface area (Å²) in [6.07, 6.45) is 1.79. The molecule has 1 aliphatic carbocycles. The minimum absolute atomic E-state index is 0.163. The van der Waals surface area contributed by atoms with E-state index in [9.17, 15) is 0 Å². The maximum absolute atomic E-state index is 5.43. The molecule has 2 heterocycles. The Labute approximate surface area is 216 Å². The van der Waals surface area contributed by atoms with Crippen molar-refractivity contribution in [3.8, 4) is 17.1 Å². The summed E-state index contributed by atoms with van der Waals surface area (Å²) in [5.74, 6) is 0. The minimum atomic E-state index is -0.163. The molecule has 5 rings (SSSR count). The first-order chi connectivity index (χ1) is 18.1. The van der Waals surface area contributed by atoms with Gasteiger partial charge in [-0.25, -0.2) is 4.98 Å². The van der Waals surface area contributed by atoms with E-state index >= 15 is 0 Å². The summed E-state index contributed by atoms with van der Waals surface area (Å²) in [5, 5.41) is 4.35. The summed E-state index contributed by atoms with van der Waals surface area (Å²) < 4.78 is 13.1. The zero-order valence-electron chi connectivity index (χ0n) is 21.6. The van der Waals surface area contributed by atoms with Gasteiger partial charge in [-0.1, -0.05) is 29.8 Å². The molecule has 37 heavy (non-hydrogen) atoms. The second kappa shape index (κ2) is 10.9. The number of benzene rings is 3. The molecule has 188 valence electrons. The molecule has 1 aromatic heterocycles. The van der Waals surface area contributed by atoms with Crippen molar-refractivity contribution in [2.75, 3.05) is 32.8 Å². The SMILES string of the molecule is COCC(COC)/N=c1\cc2n(-c3ccc(C)cc3)c3ccccc3nc-2cc1Nc1cccnc1C. The summed E-state index contributed by atoms with van der Waals surface area (Å²) >= 11 is 0. The Morgan fingerprint density at radius 3 is 2.38 bits per heavy atom. The molecule has 2 aliphatic rings. The molecule has 2 aromatic carbocycles. The van der Waals surface area contributed by atoms with E-state index in [1.807, 2.05) is 37.3 Å². The molecule has 0 saturated carbocycles. The lowest BCUT2D eigenvalue weighted by atomic mass is 10.1. The Hall–Kier alpha value is -4.07. The van der Waals surface area contributed by atoms with Crippen LogP contribution in [0.2, 0.25) is 0 Å². The van der Waals surface area contributed by atoms with Crippen molar-refractivity contribution < 1.29 is 9.47 Å². The largest absolute Gasteiger partial charge is 0.382 e. The van der Waals surface area contributed by atoms with E-state index in [4.69, 9.17) is 19.5 Å². The standard InChI is InChI=1S/C30H31N5O2/c1-20-11-13-23(14-12-20)35-29-10-6-5-8-25(29)34-28-16-26(33-24-9-7-15-31-21(24)2)27(17-30(28)35)32-22(18-36-3)19-37-4/h5-17,22,33H,18-19H2,1-4H3/b32-27+. The Bertz CT molecular complexity index is 1550. The van der Waals surface area contributed by atoms with E-state index in [1.165, 1.54) is 5.56 Å². The van der Waals surface area contributed by atoms with Crippen molar-refractivity contribution in [1.29, 1.82) is 0 Å². The molecule has 0 fully saturated rings. The lowest BCUT2D eigenvalue weighted by molar-refractivity contribution is 0.118. The molecular formula is C30H31N5O2. The van der Waals surface area contributed by atoms with Crippen LogP contribution in [-0.4, -0.2) is 48.0 Å². The molecule has 0 unspecified atom stereocenters. The van der Waals surface area contributed by atoms with Crippen LogP contribution in [0, 0.1) is 13.8 Å². The van der Waals surface area contributed by atoms with Crippen LogP contribution in [0.3, 0.4) is 0 Å². The van der Waals surface area contributed by atoms with Gasteiger partial charge in [-0.15, -0.1) is 0 Å². The molecule has 3 aromatic rings. The number of anilines is 2. The van der Waals surface area contributed by atoms with Crippen molar-refractivity contribution in [1.82, 2.24) is 14.5 Å². The quantitative estimate of drug-likeness (QED) is 0.291. The van der Waals surface area contributed by atoms with Crippen LogP contribution in [0.5, 0.6) is 0 Å². The first-order valence-corrected chi connectivity index (χ1v) is 12.3. The van der Waals surface area contributed by atoms with E-state index in [1.54, 1.807) is 20.4 Å². The topological polar surface area (TPSA) is 73.6 Å². The number of methoxy groups -OCH3 is 2. The van der Waals surface area contributed by atoms with Gasteiger partial charge in [-0.2, -0.15) is 0 Å². The normalized spacial score (nSPS) is 12.1. The lowest BCUT2D eigenvalue weighted by Gasteiger charge is -2.21. The molecule has 0 amide bonds. The average molecular weight is 494 g/mol. The van der Waals surface area contributed by atoms with Crippen LogP contribution >= 0.6 is 0 Å². The zero-order valence-corrected chi connectivity index (χ0v) is 21.6. The Morgan fingerprint density at radius 1 is 0.892 bits per heavy atom. The number of pyridine rings is 1. The van der Waals surface area contributed by atoms with Crippen LogP contribution in [0.15, 0.2) is 84.0 Å². The highest BCUT2D eigenvalue weighted by Gasteiger charge is 2.18. The third kappa shape index (κ3) is 5.23. The number of aromatic nitrogens is 3. The first-order valence-electron chi connectivity index (χ1n) is 12.3. The molecular weight excluding hydrogens is 462 g/mol. The molecule has 0 saturated heterocycles. The first kappa shape index (κ1) is 24.6. The van der Waals surface area contributed by atoms with Gasteiger partial charge >= 0.3 is 0 Å². The molecule has 0 bridgehead atoms. The van der Waals surface area contributed by atoms with Crippen molar-refractivity contribution >= 4 is 22.4 Å². The predicted molar refractivity (Wildman–Crippen MR) is 148 cm³/mol. The zero-order chi connectivity index (χ0) is 25.8. The highest BCUT2D eigenvalue weighted by molar-refractivity contribution is 5.84. The lowest BCUT2D eigenvalue weighted by Crippen LogP contribution is -2.24. The van der Waals surface area contributed by atoms with Gasteiger partial charge in [0.2, 0.25) is 0 Å². The Morgan fingerprint density at radius 2 is 1.65 bits per heavy atom. The second-order valence-electron chi connectivity index (χ2n) is 9.08. The highest BCUT2D eigenvalue weighted by atomic mass is 16.5. The average Bonchev–Trinajstić information content (AvgIpc) is 2.90. The maximum Gasteiger partial charge on any atom is 0.0973 e. The minimum Gasteiger partial charge on any atom is -0.382 e. The van der Waals surface area contributed by atoms with Crippen LogP contribution in [-0.2, 0) is 9.47 Å². The van der Waals surface area contributed by atoms with Gasteiger partial charge in [0, 0.05) is 26.1 Å². The molecule has 0 radical (unpaired) electrons. The van der Waals surface area contributed by atoms with Crippen molar-refractivity contribution in [3.63, 3.8) is 0 Å². The smallest absolute Gasteiger partial charge is 0.0973 e. The number of aryl methyl sites for hydroxylation is 2. The maximum atomic E-state index is 5.43. The third-order valence-corrected chi connectivity index (χ3v) is 6.31. The van der Waals surface area contributed by atoms with Crippen LogP contribution in [0.4, 0.5) is 11.4 Å². The number of hydrogen-bond donors (Lipinski definition) is 1. The second-order valence-corrected chi connectivity index (χ2v) is 9.08. The molecule has 0 atom stereocenters. The summed E-state index contributed by atoms with van der Waals surface area (Å²) in [6.45, 7) is 4.98. The fourth-order valence-electron chi connectivity index (χ4n) is 4.49. The molecule has 1 N–H and O–H groups in total. The van der Waals surface area contributed by atoms with E-state index in [-0.39, 0.29) is 6.04 Å². The van der Waals surface area contributed by atoms with E-state index in [0.29, 0.717) is 13.2 Å². The Balaban J connectivity index is 1.81. The van der Waals surface area contributed by atoms with Crippen molar-refractivity contribution in [2.24, 2.45) is 4.99 Å². The van der Waals surface area contributed by atoms with Crippen molar-refractivity contribution in [2.45, 2.75) is 19.9 Å². The van der Waals surface area contributed by atoms with Gasteiger partial charge in [-0.05, 0) is 62.4 Å². The van der Waals surface area contributed by atoms with Gasteiger partial charge in [0.25, 0.3) is 0 Å². The fourth-order valence-corrected chi connectivity index (χ4v) is 4.49. The van der Waals surface area contributed by atoms with Gasteiger partial charge in [0.1, 0.15) is 0 Å². The summed E-state index contributed by atoms with van der Waals surface area (Å²) in [6, 6.07) is 24.7. The monoisotopic (exact) mass is 493 g/mol. The molecule has 7 nitrogen and oxygen atoms in total. The number of ether oxygens (including phenoxy) is 2. The number of hydrogen-bond acceptors (Lipinski definition) is 6. The highest BCUT2D eigenvalue weighted by Crippen LogP contribution is 2.30. The van der Waals surface area contributed by atoms with Gasteiger partial charge < -0.3 is 19.4 Å². The number of fused-ring (bicyclic) bond motifs is 2. The number of rotatable bonds is 8. The van der Waals surface area contributed by atoms with Gasteiger partial charge in [0.05, 0.1) is 64.1 Å². The summed E-state index contributed by atoms with van der Waals surface area (Å²) in [7, 11) is 3.36. The van der Waals surface area contributed by atoms with E-state index in [2.05, 4.69) is 64.3 Å². The van der Waals surface area contributed by atoms with Gasteiger partial charge in [0.15, 0.2) is 0 Å². The predicted octanol–water partition coefficient (Wildman–Crippen LogP) is 5.45. The van der Waals surface area contributed by atoms with E-state index < -0.39 is 0 Å². The fraction of sp³-hybridized carbons (Fsp3) is 0.233. The molecule has 7 heteroatoms. The Kier molecular flexibility index (Phi) is 7.25. The summed E-state index contributed by atoms with van der Waals surface area (Å²) in [4.78, 5) is 14.5. The number of nitrogens with zero attached hydrogens (tertiary/aromatic N) is 4. The van der Waals surface area contributed by atoms with Crippen LogP contribution in [0.1, 0.15) is 11.3 Å². The van der Waals surface area contributed by atoms with Crippen LogP contribution in [0.25, 0.3) is 28.1 Å².